The molecule has 0 heterocycles. The van der Waals surface area contributed by atoms with E-state index in [2.05, 4.69) is 20.8 Å². The summed E-state index contributed by atoms with van der Waals surface area (Å²) < 4.78 is 0. The van der Waals surface area contributed by atoms with E-state index in [-0.39, 0.29) is 34.2 Å². The smallest absolute Gasteiger partial charge is 0.230 e. The Morgan fingerprint density at radius 2 is 1.78 bits per heavy atom. The Bertz CT molecular complexity index is 635. The molecule has 0 spiro atoms. The third kappa shape index (κ3) is 2.27. The number of hydrogen-bond donors (Lipinski definition) is 1. The molecule has 1 fully saturated rings. The molecule has 0 aromatic carbocycles. The van der Waals surface area contributed by atoms with Crippen LogP contribution in [-0.2, 0) is 9.59 Å². The van der Waals surface area contributed by atoms with Gasteiger partial charge in [-0.25, -0.2) is 0 Å². The summed E-state index contributed by atoms with van der Waals surface area (Å²) in [4.78, 5) is 25.5. The highest BCUT2D eigenvalue weighted by Gasteiger charge is 2.57. The number of aliphatic hydroxyl groups is 1. The number of allylic oxidation sites excluding steroid dienone is 3. The average molecular weight is 316 g/mol. The van der Waals surface area contributed by atoms with E-state index in [1.807, 2.05) is 19.9 Å². The summed E-state index contributed by atoms with van der Waals surface area (Å²) in [5.74, 6) is -0.582. The number of fused-ring (bicyclic) bond motifs is 2. The van der Waals surface area contributed by atoms with Crippen molar-refractivity contribution in [3.8, 4) is 0 Å². The number of carbonyl (C=O) groups is 2. The first kappa shape index (κ1) is 16.6. The van der Waals surface area contributed by atoms with Crippen molar-refractivity contribution in [1.82, 2.24) is 0 Å². The zero-order chi connectivity index (χ0) is 17.2. The summed E-state index contributed by atoms with van der Waals surface area (Å²) in [6.07, 6.45) is 4.92. The molecule has 3 heteroatoms. The van der Waals surface area contributed by atoms with E-state index in [4.69, 9.17) is 0 Å². The summed E-state index contributed by atoms with van der Waals surface area (Å²) in [6.45, 7) is 10.4. The van der Waals surface area contributed by atoms with Gasteiger partial charge in [0, 0.05) is 16.6 Å². The maximum Gasteiger partial charge on any atom is 0.230 e. The second kappa shape index (κ2) is 5.14. The van der Waals surface area contributed by atoms with Crippen molar-refractivity contribution >= 4 is 11.6 Å². The number of aliphatic hydroxyl groups excluding tert-OH is 1. The zero-order valence-corrected chi connectivity index (χ0v) is 14.9. The van der Waals surface area contributed by atoms with Crippen molar-refractivity contribution in [2.45, 2.75) is 66.4 Å². The Morgan fingerprint density at radius 1 is 1.13 bits per heavy atom. The summed E-state index contributed by atoms with van der Waals surface area (Å²) in [5, 5.41) is 10.9. The monoisotopic (exact) mass is 316 g/mol. The minimum Gasteiger partial charge on any atom is -0.392 e. The van der Waals surface area contributed by atoms with Crippen molar-refractivity contribution in [2.24, 2.45) is 22.7 Å². The van der Waals surface area contributed by atoms with Crippen molar-refractivity contribution in [3.63, 3.8) is 0 Å². The topological polar surface area (TPSA) is 54.4 Å². The van der Waals surface area contributed by atoms with Crippen molar-refractivity contribution in [1.29, 1.82) is 0 Å². The Kier molecular flexibility index (Phi) is 3.72. The summed E-state index contributed by atoms with van der Waals surface area (Å²) in [7, 11) is 0. The number of Topliss-reactive ketones (excluding diaryl/α,β-unsaturated/α-hetero) is 2. The molecule has 126 valence electrons. The van der Waals surface area contributed by atoms with Gasteiger partial charge in [0.15, 0.2) is 0 Å². The van der Waals surface area contributed by atoms with Crippen molar-refractivity contribution in [3.05, 3.63) is 22.8 Å². The third-order valence-electron chi connectivity index (χ3n) is 6.40. The van der Waals surface area contributed by atoms with Crippen LogP contribution in [0.15, 0.2) is 22.8 Å². The molecule has 0 aliphatic heterocycles. The molecule has 3 aliphatic rings. The van der Waals surface area contributed by atoms with Crippen LogP contribution < -0.4 is 0 Å². The fourth-order valence-electron chi connectivity index (χ4n) is 5.59. The lowest BCUT2D eigenvalue weighted by atomic mass is 9.48. The van der Waals surface area contributed by atoms with Gasteiger partial charge in [0.1, 0.15) is 0 Å². The molecule has 0 bridgehead atoms. The Labute approximate surface area is 138 Å². The van der Waals surface area contributed by atoms with Crippen LogP contribution in [0, 0.1) is 22.7 Å². The Balaban J connectivity index is 2.19. The van der Waals surface area contributed by atoms with E-state index >= 15 is 0 Å². The molecule has 3 rings (SSSR count). The first-order chi connectivity index (χ1) is 10.6. The van der Waals surface area contributed by atoms with Gasteiger partial charge in [-0.15, -0.1) is 0 Å². The number of carbonyl (C=O) groups excluding carboxylic acids is 2. The van der Waals surface area contributed by atoms with Gasteiger partial charge in [0.25, 0.3) is 0 Å². The lowest BCUT2D eigenvalue weighted by Gasteiger charge is -2.56. The molecule has 3 nitrogen and oxygen atoms in total. The van der Waals surface area contributed by atoms with Gasteiger partial charge in [-0.05, 0) is 42.1 Å². The Morgan fingerprint density at radius 3 is 2.39 bits per heavy atom. The number of rotatable bonds is 1. The number of hydrogen-bond acceptors (Lipinski definition) is 3. The SMILES string of the molecule is CC(C)C1=CC2=C(C(=O)C1=O)[C@@]1(C)CCCC(C)(C)[C@@H]1[C@@H](O)C2. The first-order valence-corrected chi connectivity index (χ1v) is 8.82. The molecule has 0 saturated heterocycles. The molecule has 0 unspecified atom stereocenters. The van der Waals surface area contributed by atoms with Crippen molar-refractivity contribution < 1.29 is 14.7 Å². The van der Waals surface area contributed by atoms with Gasteiger partial charge in [-0.3, -0.25) is 9.59 Å². The minimum atomic E-state index is -0.445. The second-order valence-electron chi connectivity index (χ2n) is 8.82. The van der Waals surface area contributed by atoms with E-state index in [0.717, 1.165) is 24.8 Å². The molecule has 1 saturated carbocycles. The Hall–Kier alpha value is -1.22. The maximum absolute atomic E-state index is 12.9. The lowest BCUT2D eigenvalue weighted by molar-refractivity contribution is -0.136. The first-order valence-electron chi connectivity index (χ1n) is 8.82. The molecular formula is C20H28O3. The van der Waals surface area contributed by atoms with Gasteiger partial charge < -0.3 is 5.11 Å². The van der Waals surface area contributed by atoms with Crippen LogP contribution in [-0.4, -0.2) is 22.8 Å². The molecule has 0 aromatic heterocycles. The summed E-state index contributed by atoms with van der Waals surface area (Å²) >= 11 is 0. The quantitative estimate of drug-likeness (QED) is 0.594. The van der Waals surface area contributed by atoms with Crippen LogP contribution in [0.5, 0.6) is 0 Å². The number of ketones is 2. The van der Waals surface area contributed by atoms with Crippen LogP contribution >= 0.6 is 0 Å². The lowest BCUT2D eigenvalue weighted by Crippen LogP contribution is -2.54. The van der Waals surface area contributed by atoms with Crippen LogP contribution in [0.3, 0.4) is 0 Å². The van der Waals surface area contributed by atoms with Gasteiger partial charge >= 0.3 is 0 Å². The van der Waals surface area contributed by atoms with Crippen LogP contribution in [0.1, 0.15) is 60.3 Å². The van der Waals surface area contributed by atoms with Crippen LogP contribution in [0.25, 0.3) is 0 Å². The normalized spacial score (nSPS) is 36.7. The highest BCUT2D eigenvalue weighted by Crippen LogP contribution is 2.60. The van der Waals surface area contributed by atoms with E-state index in [1.54, 1.807) is 0 Å². The third-order valence-corrected chi connectivity index (χ3v) is 6.40. The van der Waals surface area contributed by atoms with Gasteiger partial charge in [0.05, 0.1) is 6.10 Å². The minimum absolute atomic E-state index is 0.0175. The van der Waals surface area contributed by atoms with Gasteiger partial charge in [-0.2, -0.15) is 0 Å². The molecule has 23 heavy (non-hydrogen) atoms. The largest absolute Gasteiger partial charge is 0.392 e. The fourth-order valence-corrected chi connectivity index (χ4v) is 5.59. The fraction of sp³-hybridized carbons (Fsp3) is 0.700. The predicted octanol–water partition coefficient (Wildman–Crippen LogP) is 3.61. The highest BCUT2D eigenvalue weighted by atomic mass is 16.3. The van der Waals surface area contributed by atoms with Crippen LogP contribution in [0.4, 0.5) is 0 Å². The van der Waals surface area contributed by atoms with Crippen molar-refractivity contribution in [2.75, 3.05) is 0 Å². The average Bonchev–Trinajstić information content (AvgIpc) is 2.40. The molecule has 0 aromatic rings. The predicted molar refractivity (Wildman–Crippen MR) is 89.8 cm³/mol. The van der Waals surface area contributed by atoms with Crippen LogP contribution in [0.2, 0.25) is 0 Å². The zero-order valence-electron chi connectivity index (χ0n) is 14.9. The summed E-state index contributed by atoms with van der Waals surface area (Å²) in [6, 6.07) is 0. The molecule has 3 atom stereocenters. The van der Waals surface area contributed by atoms with E-state index in [9.17, 15) is 14.7 Å². The molecule has 0 amide bonds. The standard InChI is InChI=1S/C20H28O3/c1-11(2)13-9-12-10-14(21)18-19(3,4)7-6-8-20(18,5)15(12)17(23)16(13)22/h9,11,14,18,21H,6-8,10H2,1-5H3/t14-,18-,20+/m0/s1. The summed E-state index contributed by atoms with van der Waals surface area (Å²) in [5.41, 5.74) is 1.80. The van der Waals surface area contributed by atoms with Gasteiger partial charge in [0.2, 0.25) is 11.6 Å². The maximum atomic E-state index is 12.9. The molecule has 0 radical (unpaired) electrons. The van der Waals surface area contributed by atoms with E-state index < -0.39 is 6.10 Å². The van der Waals surface area contributed by atoms with E-state index in [1.165, 1.54) is 0 Å². The molecule has 3 aliphatic carbocycles. The molecule has 1 N–H and O–H groups in total. The van der Waals surface area contributed by atoms with Gasteiger partial charge in [-0.1, -0.05) is 47.1 Å². The second-order valence-corrected chi connectivity index (χ2v) is 8.82. The highest BCUT2D eigenvalue weighted by molar-refractivity contribution is 6.50. The molecular weight excluding hydrogens is 288 g/mol. The van der Waals surface area contributed by atoms with E-state index in [0.29, 0.717) is 17.6 Å².